The summed E-state index contributed by atoms with van der Waals surface area (Å²) < 4.78 is 38.8. The van der Waals surface area contributed by atoms with Crippen LogP contribution in [0.5, 0.6) is 0 Å². The highest BCUT2D eigenvalue weighted by Crippen LogP contribution is 2.17. The molecular formula is C11H14FN3O4S. The average Bonchev–Trinajstić information content (AvgIpc) is 2.38. The Bertz CT molecular complexity index is 599. The maximum atomic E-state index is 13.1. The van der Waals surface area contributed by atoms with Gasteiger partial charge in [0.05, 0.1) is 12.7 Å². The molecule has 7 nitrogen and oxygen atoms in total. The van der Waals surface area contributed by atoms with Crippen LogP contribution in [0.2, 0.25) is 0 Å². The number of nitrogens with zero attached hydrogens (tertiary/aromatic N) is 3. The number of halogens is 1. The highest BCUT2D eigenvalue weighted by molar-refractivity contribution is 7.89. The minimum atomic E-state index is -3.78. The van der Waals surface area contributed by atoms with Crippen LogP contribution >= 0.6 is 0 Å². The van der Waals surface area contributed by atoms with Crippen LogP contribution in [0.1, 0.15) is 0 Å². The SMILES string of the molecule is O=C(O)CN1CCN(S(=O)(=O)c2cncc(F)c2)CC1. The van der Waals surface area contributed by atoms with E-state index in [1.54, 1.807) is 4.90 Å². The second-order valence-corrected chi connectivity index (χ2v) is 6.35. The van der Waals surface area contributed by atoms with Crippen molar-refractivity contribution in [2.75, 3.05) is 32.7 Å². The Balaban J connectivity index is 2.08. The molecule has 0 unspecified atom stereocenters. The van der Waals surface area contributed by atoms with Gasteiger partial charge in [0.25, 0.3) is 0 Å². The molecule has 0 spiro atoms. The molecule has 1 aliphatic rings. The second-order valence-electron chi connectivity index (χ2n) is 4.41. The number of aromatic nitrogens is 1. The molecule has 0 atom stereocenters. The van der Waals surface area contributed by atoms with E-state index in [4.69, 9.17) is 5.11 Å². The minimum absolute atomic E-state index is 0.116. The topological polar surface area (TPSA) is 90.8 Å². The minimum Gasteiger partial charge on any atom is -0.480 e. The van der Waals surface area contributed by atoms with E-state index in [1.165, 1.54) is 4.31 Å². The number of carboxylic acid groups (broad SMARTS) is 1. The fourth-order valence-electron chi connectivity index (χ4n) is 2.00. The monoisotopic (exact) mass is 303 g/mol. The molecule has 1 saturated heterocycles. The van der Waals surface area contributed by atoms with Gasteiger partial charge in [-0.05, 0) is 6.07 Å². The number of hydrogen-bond donors (Lipinski definition) is 1. The lowest BCUT2D eigenvalue weighted by Crippen LogP contribution is -2.49. The molecule has 9 heteroatoms. The molecule has 0 aromatic carbocycles. The molecule has 1 fully saturated rings. The van der Waals surface area contributed by atoms with Gasteiger partial charge in [0.15, 0.2) is 0 Å². The Morgan fingerprint density at radius 2 is 1.95 bits per heavy atom. The predicted molar refractivity (Wildman–Crippen MR) is 67.0 cm³/mol. The van der Waals surface area contributed by atoms with E-state index in [-0.39, 0.29) is 24.5 Å². The van der Waals surface area contributed by atoms with Gasteiger partial charge in [0.1, 0.15) is 10.7 Å². The molecule has 0 aliphatic carbocycles. The number of hydrogen-bond acceptors (Lipinski definition) is 5. The summed E-state index contributed by atoms with van der Waals surface area (Å²) >= 11 is 0. The summed E-state index contributed by atoms with van der Waals surface area (Å²) in [5, 5.41) is 8.68. The Kier molecular flexibility index (Phi) is 4.31. The van der Waals surface area contributed by atoms with Crippen LogP contribution in [0.25, 0.3) is 0 Å². The number of sulfonamides is 1. The standard InChI is InChI=1S/C11H14FN3O4S/c12-9-5-10(7-13-6-9)20(18,19)15-3-1-14(2-4-15)8-11(16)17/h5-7H,1-4,8H2,(H,16,17). The second kappa shape index (κ2) is 5.81. The van der Waals surface area contributed by atoms with Gasteiger partial charge >= 0.3 is 5.97 Å². The molecule has 0 saturated carbocycles. The first-order valence-corrected chi connectivity index (χ1v) is 7.38. The summed E-state index contributed by atoms with van der Waals surface area (Å²) in [5.41, 5.74) is 0. The van der Waals surface area contributed by atoms with Crippen LogP contribution in [0, 0.1) is 5.82 Å². The number of aliphatic carboxylic acids is 1. The Morgan fingerprint density at radius 3 is 2.50 bits per heavy atom. The van der Waals surface area contributed by atoms with Crippen LogP contribution in [0.4, 0.5) is 4.39 Å². The third-order valence-corrected chi connectivity index (χ3v) is 4.87. The number of pyridine rings is 1. The first-order valence-electron chi connectivity index (χ1n) is 5.94. The molecule has 0 radical (unpaired) electrons. The van der Waals surface area contributed by atoms with Gasteiger partial charge in [-0.1, -0.05) is 0 Å². The fourth-order valence-corrected chi connectivity index (χ4v) is 3.40. The van der Waals surface area contributed by atoms with Gasteiger partial charge in [0.2, 0.25) is 10.0 Å². The van der Waals surface area contributed by atoms with Crippen molar-refractivity contribution in [1.82, 2.24) is 14.2 Å². The molecule has 0 amide bonds. The summed E-state index contributed by atoms with van der Waals surface area (Å²) in [6.07, 6.45) is 2.03. The summed E-state index contributed by atoms with van der Waals surface area (Å²) in [5.74, 6) is -1.66. The number of piperazine rings is 1. The van der Waals surface area contributed by atoms with E-state index in [1.807, 2.05) is 0 Å². The van der Waals surface area contributed by atoms with E-state index in [0.29, 0.717) is 13.1 Å². The maximum absolute atomic E-state index is 13.1. The molecule has 1 aromatic rings. The van der Waals surface area contributed by atoms with Gasteiger partial charge in [-0.15, -0.1) is 0 Å². The van der Waals surface area contributed by atoms with Crippen molar-refractivity contribution in [2.45, 2.75) is 4.90 Å². The van der Waals surface area contributed by atoms with Crippen molar-refractivity contribution in [1.29, 1.82) is 0 Å². The highest BCUT2D eigenvalue weighted by Gasteiger charge is 2.29. The van der Waals surface area contributed by atoms with Crippen molar-refractivity contribution in [2.24, 2.45) is 0 Å². The Morgan fingerprint density at radius 1 is 1.30 bits per heavy atom. The average molecular weight is 303 g/mol. The Hall–Kier alpha value is -1.58. The quantitative estimate of drug-likeness (QED) is 0.815. The Labute approximate surface area is 115 Å². The lowest BCUT2D eigenvalue weighted by Gasteiger charge is -2.32. The summed E-state index contributed by atoms with van der Waals surface area (Å²) in [4.78, 5) is 15.6. The van der Waals surface area contributed by atoms with Crippen molar-refractivity contribution in [3.63, 3.8) is 0 Å². The number of carboxylic acids is 1. The fraction of sp³-hybridized carbons (Fsp3) is 0.455. The van der Waals surface area contributed by atoms with Gasteiger partial charge < -0.3 is 5.11 Å². The molecule has 2 heterocycles. The largest absolute Gasteiger partial charge is 0.480 e. The molecule has 1 aromatic heterocycles. The van der Waals surface area contributed by atoms with Crippen molar-refractivity contribution in [3.8, 4) is 0 Å². The smallest absolute Gasteiger partial charge is 0.317 e. The zero-order valence-corrected chi connectivity index (χ0v) is 11.4. The van der Waals surface area contributed by atoms with Crippen LogP contribution < -0.4 is 0 Å². The zero-order chi connectivity index (χ0) is 14.8. The van der Waals surface area contributed by atoms with E-state index in [9.17, 15) is 17.6 Å². The lowest BCUT2D eigenvalue weighted by molar-refractivity contribution is -0.138. The van der Waals surface area contributed by atoms with Crippen molar-refractivity contribution < 1.29 is 22.7 Å². The molecule has 110 valence electrons. The highest BCUT2D eigenvalue weighted by atomic mass is 32.2. The third kappa shape index (κ3) is 3.30. The van der Waals surface area contributed by atoms with Crippen LogP contribution in [-0.2, 0) is 14.8 Å². The van der Waals surface area contributed by atoms with Crippen LogP contribution in [0.3, 0.4) is 0 Å². The third-order valence-electron chi connectivity index (χ3n) is 3.01. The molecule has 2 rings (SSSR count). The van der Waals surface area contributed by atoms with Crippen LogP contribution in [-0.4, -0.2) is 66.4 Å². The summed E-state index contributed by atoms with van der Waals surface area (Å²) in [7, 11) is -3.78. The van der Waals surface area contributed by atoms with Crippen LogP contribution in [0.15, 0.2) is 23.4 Å². The molecule has 1 N–H and O–H groups in total. The maximum Gasteiger partial charge on any atom is 0.317 e. The van der Waals surface area contributed by atoms with Gasteiger partial charge in [-0.2, -0.15) is 4.31 Å². The van der Waals surface area contributed by atoms with Gasteiger partial charge in [-0.3, -0.25) is 14.7 Å². The number of rotatable bonds is 4. The van der Waals surface area contributed by atoms with E-state index < -0.39 is 21.8 Å². The lowest BCUT2D eigenvalue weighted by atomic mass is 10.3. The predicted octanol–water partition coefficient (Wildman–Crippen LogP) is -0.388. The normalized spacial score (nSPS) is 18.1. The molecule has 1 aliphatic heterocycles. The molecular weight excluding hydrogens is 289 g/mol. The first-order chi connectivity index (χ1) is 9.39. The number of carbonyl (C=O) groups is 1. The van der Waals surface area contributed by atoms with E-state index in [0.717, 1.165) is 18.5 Å². The van der Waals surface area contributed by atoms with Gasteiger partial charge in [-0.25, -0.2) is 12.8 Å². The van der Waals surface area contributed by atoms with Gasteiger partial charge in [0, 0.05) is 32.4 Å². The van der Waals surface area contributed by atoms with E-state index >= 15 is 0 Å². The first kappa shape index (κ1) is 14.8. The van der Waals surface area contributed by atoms with Crippen molar-refractivity contribution >= 4 is 16.0 Å². The zero-order valence-electron chi connectivity index (χ0n) is 10.6. The summed E-state index contributed by atoms with van der Waals surface area (Å²) in [6, 6.07) is 0.923. The van der Waals surface area contributed by atoms with Crippen molar-refractivity contribution in [3.05, 3.63) is 24.3 Å². The summed E-state index contributed by atoms with van der Waals surface area (Å²) in [6.45, 7) is 0.885. The molecule has 20 heavy (non-hydrogen) atoms. The molecule has 0 bridgehead atoms. The van der Waals surface area contributed by atoms with E-state index in [2.05, 4.69) is 4.98 Å².